The lowest BCUT2D eigenvalue weighted by Gasteiger charge is -2.35. The molecule has 17 heavy (non-hydrogen) atoms. The first-order valence-corrected chi connectivity index (χ1v) is 7.58. The Kier molecular flexibility index (Phi) is 4.48. The fraction of sp³-hybridized carbons (Fsp3) is 1.00. The molecule has 2 unspecified atom stereocenters. The van der Waals surface area contributed by atoms with Gasteiger partial charge >= 0.3 is 0 Å². The molecular weight excluding hydrogens is 208 g/mol. The van der Waals surface area contributed by atoms with Gasteiger partial charge in [-0.1, -0.05) is 27.2 Å². The Balaban J connectivity index is 1.77. The molecule has 100 valence electrons. The Bertz CT molecular complexity index is 237. The van der Waals surface area contributed by atoms with Gasteiger partial charge in [0.05, 0.1) is 0 Å². The molecule has 0 spiro atoms. The van der Waals surface area contributed by atoms with Crippen molar-refractivity contribution in [3.8, 4) is 0 Å². The summed E-state index contributed by atoms with van der Waals surface area (Å²) in [6, 6.07) is 0.860. The van der Waals surface area contributed by atoms with Gasteiger partial charge in [-0.25, -0.2) is 0 Å². The van der Waals surface area contributed by atoms with Gasteiger partial charge < -0.3 is 5.32 Å². The Morgan fingerprint density at radius 3 is 2.76 bits per heavy atom. The van der Waals surface area contributed by atoms with Crippen LogP contribution in [0.3, 0.4) is 0 Å². The first-order chi connectivity index (χ1) is 8.13. The Labute approximate surface area is 107 Å². The highest BCUT2D eigenvalue weighted by atomic mass is 15.2. The van der Waals surface area contributed by atoms with Crippen LogP contribution in [-0.2, 0) is 0 Å². The molecule has 2 nitrogen and oxygen atoms in total. The monoisotopic (exact) mass is 238 g/mol. The Morgan fingerprint density at radius 2 is 2.12 bits per heavy atom. The average molecular weight is 238 g/mol. The highest BCUT2D eigenvalue weighted by molar-refractivity contribution is 4.94. The van der Waals surface area contributed by atoms with E-state index in [1.54, 1.807) is 0 Å². The molecule has 2 heteroatoms. The molecule has 2 rings (SSSR count). The minimum atomic E-state index is 0.561. The summed E-state index contributed by atoms with van der Waals surface area (Å²) in [6.07, 6.45) is 6.96. The predicted octanol–water partition coefficient (Wildman–Crippen LogP) is 2.89. The zero-order chi connectivity index (χ0) is 12.3. The van der Waals surface area contributed by atoms with Crippen LogP contribution in [-0.4, -0.2) is 37.1 Å². The summed E-state index contributed by atoms with van der Waals surface area (Å²) >= 11 is 0. The van der Waals surface area contributed by atoms with Crippen molar-refractivity contribution in [1.82, 2.24) is 10.2 Å². The maximum Gasteiger partial charge on any atom is 0.0146 e. The van der Waals surface area contributed by atoms with Crippen LogP contribution in [0.15, 0.2) is 0 Å². The normalized spacial score (nSPS) is 33.4. The van der Waals surface area contributed by atoms with E-state index in [0.29, 0.717) is 5.41 Å². The van der Waals surface area contributed by atoms with Gasteiger partial charge in [0, 0.05) is 12.6 Å². The fourth-order valence-electron chi connectivity index (χ4n) is 3.78. The van der Waals surface area contributed by atoms with Crippen LogP contribution in [0.25, 0.3) is 0 Å². The molecule has 0 amide bonds. The lowest BCUT2D eigenvalue weighted by atomic mass is 9.86. The van der Waals surface area contributed by atoms with E-state index in [1.807, 2.05) is 0 Å². The summed E-state index contributed by atoms with van der Waals surface area (Å²) in [4.78, 5) is 2.78. The maximum atomic E-state index is 3.58. The molecule has 2 atom stereocenters. The fourth-order valence-corrected chi connectivity index (χ4v) is 3.78. The third kappa shape index (κ3) is 3.23. The van der Waals surface area contributed by atoms with Crippen LogP contribution in [0, 0.1) is 11.3 Å². The second kappa shape index (κ2) is 5.71. The number of nitrogens with zero attached hydrogens (tertiary/aromatic N) is 1. The third-order valence-corrected chi connectivity index (χ3v) is 4.82. The Hall–Kier alpha value is -0.0800. The van der Waals surface area contributed by atoms with Gasteiger partial charge in [-0.05, 0) is 56.7 Å². The van der Waals surface area contributed by atoms with Crippen molar-refractivity contribution in [2.45, 2.75) is 58.9 Å². The molecule has 1 N–H and O–H groups in total. The molecule has 1 saturated carbocycles. The molecule has 0 aromatic rings. The summed E-state index contributed by atoms with van der Waals surface area (Å²) < 4.78 is 0. The van der Waals surface area contributed by atoms with Crippen molar-refractivity contribution in [2.24, 2.45) is 11.3 Å². The van der Waals surface area contributed by atoms with Gasteiger partial charge in [-0.3, -0.25) is 4.90 Å². The zero-order valence-electron chi connectivity index (χ0n) is 12.0. The van der Waals surface area contributed by atoms with Crippen molar-refractivity contribution in [3.05, 3.63) is 0 Å². The lowest BCUT2D eigenvalue weighted by molar-refractivity contribution is 0.135. The minimum absolute atomic E-state index is 0.561. The van der Waals surface area contributed by atoms with Gasteiger partial charge in [0.2, 0.25) is 0 Å². The number of likely N-dealkylation sites (tertiary alicyclic amines) is 1. The standard InChI is InChI=1S/C15H30N2/c1-4-9-16-11-13-7-10-17(12-13)14-6-5-8-15(14,2)3/h13-14,16H,4-12H2,1-3H3. The number of hydrogen-bond donors (Lipinski definition) is 1. The van der Waals surface area contributed by atoms with Gasteiger partial charge in [-0.2, -0.15) is 0 Å². The summed E-state index contributed by atoms with van der Waals surface area (Å²) in [6.45, 7) is 12.3. The summed E-state index contributed by atoms with van der Waals surface area (Å²) in [7, 11) is 0. The Morgan fingerprint density at radius 1 is 1.29 bits per heavy atom. The van der Waals surface area contributed by atoms with E-state index in [1.165, 1.54) is 58.3 Å². The van der Waals surface area contributed by atoms with Crippen LogP contribution in [0.5, 0.6) is 0 Å². The van der Waals surface area contributed by atoms with Gasteiger partial charge in [0.1, 0.15) is 0 Å². The van der Waals surface area contributed by atoms with E-state index in [9.17, 15) is 0 Å². The third-order valence-electron chi connectivity index (χ3n) is 4.82. The molecule has 1 aliphatic heterocycles. The lowest BCUT2D eigenvalue weighted by Crippen LogP contribution is -2.41. The molecule has 0 aromatic carbocycles. The molecule has 2 aliphatic rings. The van der Waals surface area contributed by atoms with E-state index < -0.39 is 0 Å². The predicted molar refractivity (Wildman–Crippen MR) is 74.3 cm³/mol. The SMILES string of the molecule is CCCNCC1CCN(C2CCCC2(C)C)C1. The molecular formula is C15H30N2. The second-order valence-corrected chi connectivity index (χ2v) is 6.75. The van der Waals surface area contributed by atoms with Crippen LogP contribution < -0.4 is 5.32 Å². The van der Waals surface area contributed by atoms with Crippen LogP contribution in [0.2, 0.25) is 0 Å². The highest BCUT2D eigenvalue weighted by Crippen LogP contribution is 2.42. The number of rotatable bonds is 5. The van der Waals surface area contributed by atoms with Crippen molar-refractivity contribution in [2.75, 3.05) is 26.2 Å². The van der Waals surface area contributed by atoms with E-state index in [-0.39, 0.29) is 0 Å². The molecule has 0 radical (unpaired) electrons. The van der Waals surface area contributed by atoms with E-state index in [0.717, 1.165) is 12.0 Å². The van der Waals surface area contributed by atoms with Gasteiger partial charge in [0.25, 0.3) is 0 Å². The summed E-state index contributed by atoms with van der Waals surface area (Å²) in [5.41, 5.74) is 0.561. The molecule has 1 saturated heterocycles. The van der Waals surface area contributed by atoms with Crippen molar-refractivity contribution >= 4 is 0 Å². The van der Waals surface area contributed by atoms with Crippen molar-refractivity contribution in [1.29, 1.82) is 0 Å². The first kappa shape index (κ1) is 13.4. The van der Waals surface area contributed by atoms with E-state index >= 15 is 0 Å². The molecule has 1 heterocycles. The van der Waals surface area contributed by atoms with Gasteiger partial charge in [-0.15, -0.1) is 0 Å². The molecule has 2 fully saturated rings. The zero-order valence-corrected chi connectivity index (χ0v) is 12.0. The minimum Gasteiger partial charge on any atom is -0.316 e. The smallest absolute Gasteiger partial charge is 0.0146 e. The topological polar surface area (TPSA) is 15.3 Å². The maximum absolute atomic E-state index is 3.58. The van der Waals surface area contributed by atoms with E-state index in [2.05, 4.69) is 31.0 Å². The first-order valence-electron chi connectivity index (χ1n) is 7.58. The summed E-state index contributed by atoms with van der Waals surface area (Å²) in [5, 5.41) is 3.58. The quantitative estimate of drug-likeness (QED) is 0.741. The molecule has 0 aromatic heterocycles. The number of nitrogens with one attached hydrogen (secondary N) is 1. The number of hydrogen-bond acceptors (Lipinski definition) is 2. The van der Waals surface area contributed by atoms with Crippen molar-refractivity contribution in [3.63, 3.8) is 0 Å². The second-order valence-electron chi connectivity index (χ2n) is 6.75. The van der Waals surface area contributed by atoms with Crippen LogP contribution in [0.4, 0.5) is 0 Å². The average Bonchev–Trinajstić information content (AvgIpc) is 2.85. The highest BCUT2D eigenvalue weighted by Gasteiger charge is 2.40. The summed E-state index contributed by atoms with van der Waals surface area (Å²) in [5.74, 6) is 0.901. The van der Waals surface area contributed by atoms with Crippen LogP contribution >= 0.6 is 0 Å². The molecule has 0 bridgehead atoms. The van der Waals surface area contributed by atoms with Gasteiger partial charge in [0.15, 0.2) is 0 Å². The van der Waals surface area contributed by atoms with E-state index in [4.69, 9.17) is 0 Å². The molecule has 1 aliphatic carbocycles. The van der Waals surface area contributed by atoms with Crippen molar-refractivity contribution < 1.29 is 0 Å². The largest absolute Gasteiger partial charge is 0.316 e. The van der Waals surface area contributed by atoms with Crippen LogP contribution in [0.1, 0.15) is 52.9 Å².